The SMILES string of the molecule is COC(=O)c1ccc(C(F)(F)F)c(C2CCC2)c1.COC(=O)c1ccc(C(F)(F)F)c(OS(=O)(=O)C(F)(F)F)c1.OB(O)C1CCC1. The number of ether oxygens (including phenoxy) is 2. The molecule has 0 bridgehead atoms. The monoisotopic (exact) mass is 710 g/mol. The van der Waals surface area contributed by atoms with E-state index in [1.807, 2.05) is 0 Å². The van der Waals surface area contributed by atoms with Crippen LogP contribution in [0.5, 0.6) is 5.75 Å². The highest BCUT2D eigenvalue weighted by atomic mass is 32.2. The zero-order valence-electron chi connectivity index (χ0n) is 24.5. The van der Waals surface area contributed by atoms with Crippen molar-refractivity contribution in [2.75, 3.05) is 14.2 Å². The summed E-state index contributed by atoms with van der Waals surface area (Å²) in [6, 6.07) is 4.45. The van der Waals surface area contributed by atoms with Crippen molar-refractivity contribution in [3.63, 3.8) is 0 Å². The first-order valence-corrected chi connectivity index (χ1v) is 14.9. The molecule has 0 radical (unpaired) electrons. The molecule has 0 heterocycles. The lowest BCUT2D eigenvalue weighted by Gasteiger charge is -2.28. The molecule has 0 unspecified atom stereocenters. The fourth-order valence-electron chi connectivity index (χ4n) is 4.10. The van der Waals surface area contributed by atoms with Crippen molar-refractivity contribution in [3.8, 4) is 5.75 Å². The zero-order valence-corrected chi connectivity index (χ0v) is 25.3. The molecule has 2 fully saturated rings. The molecule has 4 rings (SSSR count). The van der Waals surface area contributed by atoms with Crippen molar-refractivity contribution in [2.24, 2.45) is 0 Å². The molecule has 9 nitrogen and oxygen atoms in total. The maximum absolute atomic E-state index is 12.9. The van der Waals surface area contributed by atoms with Gasteiger partial charge in [-0.3, -0.25) is 0 Å². The van der Waals surface area contributed by atoms with Crippen molar-refractivity contribution in [1.29, 1.82) is 0 Å². The first-order chi connectivity index (χ1) is 21.5. The van der Waals surface area contributed by atoms with E-state index in [0.717, 1.165) is 51.3 Å². The molecule has 20 heteroatoms. The molecule has 2 saturated carbocycles. The van der Waals surface area contributed by atoms with Crippen LogP contribution in [0.15, 0.2) is 36.4 Å². The lowest BCUT2D eigenvalue weighted by atomic mass is 9.61. The lowest BCUT2D eigenvalue weighted by Crippen LogP contribution is -2.29. The van der Waals surface area contributed by atoms with Crippen molar-refractivity contribution in [1.82, 2.24) is 0 Å². The van der Waals surface area contributed by atoms with Gasteiger partial charge < -0.3 is 23.7 Å². The van der Waals surface area contributed by atoms with Crippen LogP contribution in [0.4, 0.5) is 39.5 Å². The second-order valence-corrected chi connectivity index (χ2v) is 11.7. The second-order valence-electron chi connectivity index (χ2n) is 10.2. The molecule has 2 aromatic rings. The molecular formula is C27H28BF9O9S. The average molecular weight is 710 g/mol. The number of carbonyl (C=O) groups is 2. The minimum absolute atomic E-state index is 0.0915. The maximum Gasteiger partial charge on any atom is 0.534 e. The van der Waals surface area contributed by atoms with E-state index >= 15 is 0 Å². The summed E-state index contributed by atoms with van der Waals surface area (Å²) in [7, 11) is -5.30. The van der Waals surface area contributed by atoms with E-state index < -0.39 is 69.5 Å². The van der Waals surface area contributed by atoms with E-state index in [0.29, 0.717) is 6.07 Å². The molecule has 0 atom stereocenters. The first-order valence-electron chi connectivity index (χ1n) is 13.5. The molecule has 2 aliphatic carbocycles. The fraction of sp³-hybridized carbons (Fsp3) is 0.481. The number of hydrogen-bond acceptors (Lipinski definition) is 9. The molecule has 2 N–H and O–H groups in total. The van der Waals surface area contributed by atoms with E-state index in [2.05, 4.69) is 13.7 Å². The Hall–Kier alpha value is -3.52. The number of carbonyl (C=O) groups excluding carboxylic acids is 2. The number of benzene rings is 2. The molecule has 0 aliphatic heterocycles. The molecule has 47 heavy (non-hydrogen) atoms. The van der Waals surface area contributed by atoms with Gasteiger partial charge >= 0.3 is 47.0 Å². The third-order valence-corrected chi connectivity index (χ3v) is 8.05. The summed E-state index contributed by atoms with van der Waals surface area (Å²) in [5, 5.41) is 16.9. The number of alkyl halides is 9. The Morgan fingerprint density at radius 1 is 0.745 bits per heavy atom. The van der Waals surface area contributed by atoms with Crippen molar-refractivity contribution >= 4 is 29.2 Å². The van der Waals surface area contributed by atoms with Gasteiger partial charge in [-0.2, -0.15) is 47.9 Å². The van der Waals surface area contributed by atoms with Crippen LogP contribution in [-0.4, -0.2) is 57.3 Å². The molecule has 2 aromatic carbocycles. The highest BCUT2D eigenvalue weighted by Gasteiger charge is 2.50. The number of esters is 2. The van der Waals surface area contributed by atoms with E-state index in [1.54, 1.807) is 0 Å². The van der Waals surface area contributed by atoms with Crippen LogP contribution in [0.3, 0.4) is 0 Å². The van der Waals surface area contributed by atoms with Gasteiger partial charge in [0.2, 0.25) is 0 Å². The Kier molecular flexibility index (Phi) is 13.2. The molecule has 0 amide bonds. The highest BCUT2D eigenvalue weighted by Crippen LogP contribution is 2.43. The van der Waals surface area contributed by atoms with Crippen molar-refractivity contribution < 1.29 is 81.2 Å². The summed E-state index contributed by atoms with van der Waals surface area (Å²) in [5.74, 6) is -3.38. The number of rotatable bonds is 6. The van der Waals surface area contributed by atoms with Crippen LogP contribution < -0.4 is 4.18 Å². The summed E-state index contributed by atoms with van der Waals surface area (Å²) in [5.41, 5.74) is -8.60. The van der Waals surface area contributed by atoms with Gasteiger partial charge in [0.15, 0.2) is 5.75 Å². The Balaban J connectivity index is 0.000000274. The van der Waals surface area contributed by atoms with Gasteiger partial charge in [-0.25, -0.2) is 9.59 Å². The standard InChI is InChI=1S/C13H13F3O2.C10H6F6O5S.C4H9BO2/c1-18-12(17)9-5-6-11(13(14,15)16)10(7-9)8-3-2-4-8;1-20-8(17)5-2-3-6(9(11,12)13)7(4-5)21-22(18,19)10(14,15)16;6-5(7)4-2-1-3-4/h5-8H,2-4H2,1H3;2-4H,1H3;4,6-7H,1-3H2. The minimum atomic E-state index is -6.33. The van der Waals surface area contributed by atoms with Crippen LogP contribution in [0, 0.1) is 0 Å². The summed E-state index contributed by atoms with van der Waals surface area (Å²) < 4.78 is 147. The van der Waals surface area contributed by atoms with Crippen molar-refractivity contribution in [3.05, 3.63) is 64.2 Å². The first kappa shape index (κ1) is 39.7. The molecule has 262 valence electrons. The predicted octanol–water partition coefficient (Wildman–Crippen LogP) is 6.49. The molecule has 2 aliphatic rings. The Morgan fingerprint density at radius 2 is 1.19 bits per heavy atom. The van der Waals surface area contributed by atoms with Gasteiger partial charge in [0, 0.05) is 0 Å². The number of halogens is 9. The predicted molar refractivity (Wildman–Crippen MR) is 146 cm³/mol. The van der Waals surface area contributed by atoms with E-state index in [-0.39, 0.29) is 35.0 Å². The zero-order chi connectivity index (χ0) is 36.0. The second kappa shape index (κ2) is 15.6. The summed E-state index contributed by atoms with van der Waals surface area (Å²) in [6.07, 6.45) is -3.99. The average Bonchev–Trinajstić information content (AvgIpc) is 2.88. The van der Waals surface area contributed by atoms with Gasteiger partial charge in [-0.1, -0.05) is 25.7 Å². The topological polar surface area (TPSA) is 136 Å². The Labute approximate surface area is 262 Å². The van der Waals surface area contributed by atoms with Gasteiger partial charge in [0.05, 0.1) is 36.5 Å². The summed E-state index contributed by atoms with van der Waals surface area (Å²) >= 11 is 0. The van der Waals surface area contributed by atoms with E-state index in [9.17, 15) is 57.5 Å². The lowest BCUT2D eigenvalue weighted by molar-refractivity contribution is -0.139. The summed E-state index contributed by atoms with van der Waals surface area (Å²) in [6.45, 7) is 0. The quantitative estimate of drug-likeness (QED) is 0.113. The molecular weight excluding hydrogens is 682 g/mol. The van der Waals surface area contributed by atoms with Gasteiger partial charge in [0.1, 0.15) is 0 Å². The van der Waals surface area contributed by atoms with Crippen LogP contribution in [0.1, 0.15) is 81.8 Å². The third-order valence-electron chi connectivity index (χ3n) is 7.09. The van der Waals surface area contributed by atoms with Gasteiger partial charge in [-0.05, 0) is 66.5 Å². The maximum atomic E-state index is 12.9. The molecule has 0 spiro atoms. The van der Waals surface area contributed by atoms with E-state index in [4.69, 9.17) is 10.0 Å². The van der Waals surface area contributed by atoms with Crippen molar-refractivity contribution in [2.45, 2.75) is 68.1 Å². The van der Waals surface area contributed by atoms with Crippen LogP contribution in [-0.2, 0) is 31.9 Å². The van der Waals surface area contributed by atoms with Crippen LogP contribution >= 0.6 is 0 Å². The van der Waals surface area contributed by atoms with Gasteiger partial charge in [-0.15, -0.1) is 0 Å². The Bertz CT molecular complexity index is 1500. The molecule has 0 aromatic heterocycles. The normalized spacial score (nSPS) is 15.4. The highest BCUT2D eigenvalue weighted by molar-refractivity contribution is 7.88. The summed E-state index contributed by atoms with van der Waals surface area (Å²) in [4.78, 5) is 22.5. The van der Waals surface area contributed by atoms with E-state index in [1.165, 1.54) is 19.6 Å². The molecule has 0 saturated heterocycles. The fourth-order valence-corrected chi connectivity index (χ4v) is 4.57. The smallest absolute Gasteiger partial charge is 0.465 e. The van der Waals surface area contributed by atoms with Crippen LogP contribution in [0.25, 0.3) is 0 Å². The third kappa shape index (κ3) is 10.7. The Morgan fingerprint density at radius 3 is 1.51 bits per heavy atom. The number of methoxy groups -OCH3 is 2. The van der Waals surface area contributed by atoms with Crippen LogP contribution in [0.2, 0.25) is 5.82 Å². The van der Waals surface area contributed by atoms with Gasteiger partial charge in [0.25, 0.3) is 0 Å². The largest absolute Gasteiger partial charge is 0.534 e. The number of hydrogen-bond donors (Lipinski definition) is 2. The minimum Gasteiger partial charge on any atom is -0.465 e.